The van der Waals surface area contributed by atoms with Gasteiger partial charge in [-0.25, -0.2) is 8.78 Å². The van der Waals surface area contributed by atoms with E-state index >= 15 is 0 Å². The predicted octanol–water partition coefficient (Wildman–Crippen LogP) is 2.83. The third-order valence-corrected chi connectivity index (χ3v) is 4.52. The smallest absolute Gasteiger partial charge is 0.164 e. The number of halogens is 2. The van der Waals surface area contributed by atoms with E-state index in [9.17, 15) is 13.9 Å². The molecule has 2 atom stereocenters. The van der Waals surface area contributed by atoms with E-state index in [0.29, 0.717) is 18.2 Å². The zero-order chi connectivity index (χ0) is 13.8. The molecule has 1 aromatic carbocycles. The monoisotopic (exact) mass is 287 g/mol. The molecule has 19 heavy (non-hydrogen) atoms. The molecule has 0 spiro atoms. The number of thioether (sulfide) groups is 1. The van der Waals surface area contributed by atoms with Crippen LogP contribution < -0.4 is 0 Å². The molecule has 0 bridgehead atoms. The Morgan fingerprint density at radius 3 is 3.00 bits per heavy atom. The van der Waals surface area contributed by atoms with Crippen molar-refractivity contribution in [1.82, 2.24) is 4.90 Å². The highest BCUT2D eigenvalue weighted by Gasteiger charge is 2.20. The minimum Gasteiger partial charge on any atom is -0.388 e. The fraction of sp³-hybridized carbons (Fsp3) is 0.571. The summed E-state index contributed by atoms with van der Waals surface area (Å²) in [6, 6.07) is 3.93. The molecule has 0 saturated carbocycles. The number of rotatable bonds is 4. The van der Waals surface area contributed by atoms with Gasteiger partial charge in [-0.15, -0.1) is 0 Å². The summed E-state index contributed by atoms with van der Waals surface area (Å²) in [6.07, 6.45) is -0.516. The first-order valence-corrected chi connectivity index (χ1v) is 7.58. The lowest BCUT2D eigenvalue weighted by atomic mass is 10.1. The maximum Gasteiger partial charge on any atom is 0.164 e. The number of benzene rings is 1. The summed E-state index contributed by atoms with van der Waals surface area (Å²) in [4.78, 5) is 2.27. The van der Waals surface area contributed by atoms with Crippen LogP contribution >= 0.6 is 11.8 Å². The van der Waals surface area contributed by atoms with Crippen molar-refractivity contribution in [3.63, 3.8) is 0 Å². The summed E-state index contributed by atoms with van der Waals surface area (Å²) in [7, 11) is 0. The van der Waals surface area contributed by atoms with E-state index < -0.39 is 17.7 Å². The Morgan fingerprint density at radius 2 is 2.26 bits per heavy atom. The largest absolute Gasteiger partial charge is 0.388 e. The second-order valence-corrected chi connectivity index (χ2v) is 6.48. The zero-order valence-corrected chi connectivity index (χ0v) is 11.8. The van der Waals surface area contributed by atoms with Crippen LogP contribution in [-0.4, -0.2) is 40.6 Å². The van der Waals surface area contributed by atoms with Crippen LogP contribution in [0.3, 0.4) is 0 Å². The molecule has 1 aromatic rings. The maximum absolute atomic E-state index is 13.5. The molecule has 0 amide bonds. The summed E-state index contributed by atoms with van der Waals surface area (Å²) in [5.74, 6) is -0.747. The van der Waals surface area contributed by atoms with Gasteiger partial charge in [0.25, 0.3) is 0 Å². The zero-order valence-electron chi connectivity index (χ0n) is 11.0. The van der Waals surface area contributed by atoms with Gasteiger partial charge in [-0.3, -0.25) is 0 Å². The first-order valence-electron chi connectivity index (χ1n) is 6.54. The Hall–Kier alpha value is -0.650. The lowest BCUT2D eigenvalue weighted by Gasteiger charge is -2.31. The van der Waals surface area contributed by atoms with Crippen molar-refractivity contribution in [1.29, 1.82) is 0 Å². The Kier molecular flexibility index (Phi) is 5.19. The van der Waals surface area contributed by atoms with Crippen LogP contribution in [0, 0.1) is 11.6 Å². The maximum atomic E-state index is 13.5. The molecule has 5 heteroatoms. The third-order valence-electron chi connectivity index (χ3n) is 3.38. The fourth-order valence-electron chi connectivity index (χ4n) is 2.33. The summed E-state index contributed by atoms with van der Waals surface area (Å²) >= 11 is 1.94. The standard InChI is InChI=1S/C14H19F2NOS/c1-10-9-17(7-8-19-10)6-5-13(18)11-3-2-4-12(15)14(11)16/h2-4,10,13,18H,5-9H2,1H3. The molecular weight excluding hydrogens is 268 g/mol. The Labute approximate surface area is 116 Å². The van der Waals surface area contributed by atoms with Gasteiger partial charge in [0.05, 0.1) is 6.10 Å². The minimum absolute atomic E-state index is 0.0550. The highest BCUT2D eigenvalue weighted by Crippen LogP contribution is 2.23. The minimum atomic E-state index is -0.944. The van der Waals surface area contributed by atoms with Gasteiger partial charge in [0.15, 0.2) is 11.6 Å². The Morgan fingerprint density at radius 1 is 1.47 bits per heavy atom. The van der Waals surface area contributed by atoms with Crippen LogP contribution in [0.4, 0.5) is 8.78 Å². The van der Waals surface area contributed by atoms with Gasteiger partial charge in [-0.1, -0.05) is 19.1 Å². The molecule has 1 aliphatic heterocycles. The molecule has 2 rings (SSSR count). The molecular formula is C14H19F2NOS. The van der Waals surface area contributed by atoms with Crippen LogP contribution in [0.2, 0.25) is 0 Å². The predicted molar refractivity (Wildman–Crippen MR) is 74.3 cm³/mol. The normalized spacial score (nSPS) is 22.4. The molecule has 1 heterocycles. The first kappa shape index (κ1) is 14.8. The molecule has 0 aromatic heterocycles. The molecule has 1 aliphatic rings. The van der Waals surface area contributed by atoms with Gasteiger partial charge in [-0.2, -0.15) is 11.8 Å². The van der Waals surface area contributed by atoms with Gasteiger partial charge in [0.1, 0.15) is 0 Å². The fourth-order valence-corrected chi connectivity index (χ4v) is 3.41. The molecule has 106 valence electrons. The number of nitrogens with zero attached hydrogens (tertiary/aromatic N) is 1. The molecule has 1 fully saturated rings. The first-order chi connectivity index (χ1) is 9.08. The third kappa shape index (κ3) is 3.91. The SMILES string of the molecule is CC1CN(CCC(O)c2cccc(F)c2F)CCS1. The Balaban J connectivity index is 1.90. The molecule has 1 N–H and O–H groups in total. The summed E-state index contributed by atoms with van der Waals surface area (Å²) in [6.45, 7) is 4.87. The van der Waals surface area contributed by atoms with Crippen LogP contribution in [0.25, 0.3) is 0 Å². The summed E-state index contributed by atoms with van der Waals surface area (Å²) in [5.41, 5.74) is 0.0550. The average molecular weight is 287 g/mol. The summed E-state index contributed by atoms with van der Waals surface area (Å²) < 4.78 is 26.6. The van der Waals surface area contributed by atoms with Crippen LogP contribution in [0.15, 0.2) is 18.2 Å². The van der Waals surface area contributed by atoms with E-state index in [1.165, 1.54) is 12.1 Å². The second-order valence-electron chi connectivity index (χ2n) is 4.93. The molecule has 0 radical (unpaired) electrons. The van der Waals surface area contributed by atoms with E-state index in [1.807, 2.05) is 11.8 Å². The lowest BCUT2D eigenvalue weighted by Crippen LogP contribution is -2.37. The van der Waals surface area contributed by atoms with E-state index in [2.05, 4.69) is 11.8 Å². The van der Waals surface area contributed by atoms with Crippen molar-refractivity contribution in [2.24, 2.45) is 0 Å². The van der Waals surface area contributed by atoms with E-state index in [0.717, 1.165) is 24.9 Å². The van der Waals surface area contributed by atoms with Crippen molar-refractivity contribution < 1.29 is 13.9 Å². The number of hydrogen-bond donors (Lipinski definition) is 1. The van der Waals surface area contributed by atoms with E-state index in [-0.39, 0.29) is 5.56 Å². The van der Waals surface area contributed by atoms with Crippen LogP contribution in [0.1, 0.15) is 25.0 Å². The Bertz CT molecular complexity index is 430. The topological polar surface area (TPSA) is 23.5 Å². The van der Waals surface area contributed by atoms with Crippen molar-refractivity contribution in [2.45, 2.75) is 24.7 Å². The molecule has 2 unspecified atom stereocenters. The van der Waals surface area contributed by atoms with Crippen LogP contribution in [0.5, 0.6) is 0 Å². The van der Waals surface area contributed by atoms with Crippen molar-refractivity contribution in [3.05, 3.63) is 35.4 Å². The highest BCUT2D eigenvalue weighted by atomic mass is 32.2. The lowest BCUT2D eigenvalue weighted by molar-refractivity contribution is 0.139. The van der Waals surface area contributed by atoms with Crippen LogP contribution in [-0.2, 0) is 0 Å². The molecule has 1 saturated heterocycles. The van der Waals surface area contributed by atoms with Crippen molar-refractivity contribution in [2.75, 3.05) is 25.4 Å². The van der Waals surface area contributed by atoms with Crippen molar-refractivity contribution in [3.8, 4) is 0 Å². The molecule has 0 aliphatic carbocycles. The quantitative estimate of drug-likeness (QED) is 0.921. The van der Waals surface area contributed by atoms with Gasteiger partial charge in [-0.05, 0) is 12.5 Å². The van der Waals surface area contributed by atoms with Gasteiger partial charge < -0.3 is 10.0 Å². The number of aliphatic hydroxyl groups excluding tert-OH is 1. The van der Waals surface area contributed by atoms with E-state index in [4.69, 9.17) is 0 Å². The average Bonchev–Trinajstić information content (AvgIpc) is 2.39. The second kappa shape index (κ2) is 6.68. The van der Waals surface area contributed by atoms with Gasteiger partial charge in [0, 0.05) is 36.2 Å². The molecule has 2 nitrogen and oxygen atoms in total. The van der Waals surface area contributed by atoms with Gasteiger partial charge in [0.2, 0.25) is 0 Å². The summed E-state index contributed by atoms with van der Waals surface area (Å²) in [5, 5.41) is 10.6. The van der Waals surface area contributed by atoms with Crippen molar-refractivity contribution >= 4 is 11.8 Å². The number of aliphatic hydroxyl groups is 1. The highest BCUT2D eigenvalue weighted by molar-refractivity contribution is 7.99. The number of hydrogen-bond acceptors (Lipinski definition) is 3. The van der Waals surface area contributed by atoms with Gasteiger partial charge >= 0.3 is 0 Å². The van der Waals surface area contributed by atoms with E-state index in [1.54, 1.807) is 0 Å².